The molecule has 2 aliphatic heterocycles. The van der Waals surface area contributed by atoms with Gasteiger partial charge in [-0.2, -0.15) is 4.57 Å². The van der Waals surface area contributed by atoms with Gasteiger partial charge in [0.05, 0.1) is 12.0 Å². The summed E-state index contributed by atoms with van der Waals surface area (Å²) in [5.74, 6) is -2.71. The first-order chi connectivity index (χ1) is 15.3. The largest absolute Gasteiger partial charge is 0.646 e. The number of aliphatic hydroxyl groups excluding tert-OH is 1. The van der Waals surface area contributed by atoms with Crippen molar-refractivity contribution in [2.75, 3.05) is 6.61 Å². The zero-order chi connectivity index (χ0) is 22.9. The fraction of sp³-hybridized carbons (Fsp3) is 0.273. The Labute approximate surface area is 184 Å². The van der Waals surface area contributed by atoms with Gasteiger partial charge in [-0.15, -0.1) is 0 Å². The van der Waals surface area contributed by atoms with Gasteiger partial charge in [0.2, 0.25) is 5.91 Å². The van der Waals surface area contributed by atoms with E-state index < -0.39 is 43.3 Å². The molecule has 2 aliphatic rings. The Bertz CT molecular complexity index is 1040. The fourth-order valence-electron chi connectivity index (χ4n) is 4.06. The SMILES string of the molecule is C[C@H]1C(OP(=O)(Oc2ccccc2)Oc2ccccc2)=C(C(=O)O)N2C(=O)[C@@H](CCO)[C@@H]12. The lowest BCUT2D eigenvalue weighted by Gasteiger charge is -2.44. The van der Waals surface area contributed by atoms with Gasteiger partial charge in [0.25, 0.3) is 0 Å². The minimum absolute atomic E-state index is 0.161. The molecule has 2 N–H and O–H groups in total. The molecule has 10 heteroatoms. The quantitative estimate of drug-likeness (QED) is 0.432. The van der Waals surface area contributed by atoms with Crippen LogP contribution in [0, 0.1) is 11.8 Å². The number of hydrogen-bond acceptors (Lipinski definition) is 7. The predicted molar refractivity (Wildman–Crippen MR) is 112 cm³/mol. The van der Waals surface area contributed by atoms with Gasteiger partial charge in [-0.25, -0.2) is 4.79 Å². The number of aliphatic carboxylic acids is 1. The molecule has 2 aromatic rings. The second-order valence-electron chi connectivity index (χ2n) is 7.47. The van der Waals surface area contributed by atoms with Crippen LogP contribution in [-0.4, -0.2) is 39.6 Å². The number of amides is 1. The highest BCUT2D eigenvalue weighted by molar-refractivity contribution is 7.49. The first kappa shape index (κ1) is 21.9. The Kier molecular flexibility index (Phi) is 5.95. The van der Waals surface area contributed by atoms with Crippen LogP contribution >= 0.6 is 7.82 Å². The Morgan fingerprint density at radius 3 is 2.00 bits per heavy atom. The number of rotatable bonds is 9. The van der Waals surface area contributed by atoms with Crippen molar-refractivity contribution in [1.82, 2.24) is 4.90 Å². The molecule has 0 saturated carbocycles. The smallest absolute Gasteiger partial charge is 0.476 e. The van der Waals surface area contributed by atoms with E-state index in [2.05, 4.69) is 0 Å². The first-order valence-electron chi connectivity index (χ1n) is 10.0. The van der Waals surface area contributed by atoms with Gasteiger partial charge in [0.15, 0.2) is 5.70 Å². The van der Waals surface area contributed by atoms with Crippen molar-refractivity contribution in [3.8, 4) is 11.5 Å². The van der Waals surface area contributed by atoms with E-state index in [9.17, 15) is 24.4 Å². The van der Waals surface area contributed by atoms with Crippen LogP contribution < -0.4 is 9.05 Å². The van der Waals surface area contributed by atoms with Gasteiger partial charge < -0.3 is 23.8 Å². The van der Waals surface area contributed by atoms with E-state index in [1.54, 1.807) is 67.6 Å². The van der Waals surface area contributed by atoms with Crippen LogP contribution in [0.3, 0.4) is 0 Å². The normalized spacial score (nSPS) is 22.2. The molecule has 0 spiro atoms. The Hall–Kier alpha value is -3.29. The van der Waals surface area contributed by atoms with Gasteiger partial charge >= 0.3 is 13.8 Å². The number of carboxylic acids is 1. The molecule has 1 fully saturated rings. The summed E-state index contributed by atoms with van der Waals surface area (Å²) >= 11 is 0. The van der Waals surface area contributed by atoms with Gasteiger partial charge in [-0.3, -0.25) is 9.69 Å². The average Bonchev–Trinajstić information content (AvgIpc) is 3.02. The van der Waals surface area contributed by atoms with Crippen LogP contribution in [0.1, 0.15) is 13.3 Å². The second-order valence-corrected chi connectivity index (χ2v) is 8.91. The second kappa shape index (κ2) is 8.68. The maximum absolute atomic E-state index is 13.7. The highest BCUT2D eigenvalue weighted by atomic mass is 31.2. The van der Waals surface area contributed by atoms with Crippen LogP contribution in [0.4, 0.5) is 0 Å². The average molecular weight is 459 g/mol. The highest BCUT2D eigenvalue weighted by Crippen LogP contribution is 2.56. The summed E-state index contributed by atoms with van der Waals surface area (Å²) in [5, 5.41) is 19.0. The van der Waals surface area contributed by atoms with E-state index in [-0.39, 0.29) is 30.3 Å². The van der Waals surface area contributed by atoms with E-state index >= 15 is 0 Å². The molecule has 2 aromatic carbocycles. The Morgan fingerprint density at radius 1 is 1.00 bits per heavy atom. The molecular formula is C22H22NO8P. The molecular weight excluding hydrogens is 437 g/mol. The minimum Gasteiger partial charge on any atom is -0.476 e. The standard InChI is InChI=1S/C22H22NO8P/c1-14-18-17(12-13-24)21(25)23(18)19(22(26)27)20(14)31-32(28,29-15-8-4-2-5-9-15)30-16-10-6-3-7-11-16/h2-11,14,17-18,24H,12-13H2,1H3,(H,26,27)/t14-,17+,18-/m1/s1. The number of carbonyl (C=O) groups is 2. The van der Waals surface area contributed by atoms with Crippen molar-refractivity contribution < 1.29 is 37.9 Å². The number of benzene rings is 2. The maximum atomic E-state index is 13.7. The zero-order valence-corrected chi connectivity index (χ0v) is 18.1. The van der Waals surface area contributed by atoms with Crippen LogP contribution in [0.25, 0.3) is 0 Å². The molecule has 3 atom stereocenters. The monoisotopic (exact) mass is 459 g/mol. The third-order valence-electron chi connectivity index (χ3n) is 5.44. The number of phosphoric ester groups is 1. The van der Waals surface area contributed by atoms with E-state index in [1.807, 2.05) is 0 Å². The summed E-state index contributed by atoms with van der Waals surface area (Å²) in [6, 6.07) is 15.9. The summed E-state index contributed by atoms with van der Waals surface area (Å²) in [4.78, 5) is 25.6. The molecule has 168 valence electrons. The number of nitrogens with zero attached hydrogens (tertiary/aromatic N) is 1. The molecule has 4 rings (SSSR count). The summed E-state index contributed by atoms with van der Waals surface area (Å²) in [6.45, 7) is 1.47. The predicted octanol–water partition coefficient (Wildman–Crippen LogP) is 3.42. The highest BCUT2D eigenvalue weighted by Gasteiger charge is 2.60. The van der Waals surface area contributed by atoms with Crippen molar-refractivity contribution in [2.24, 2.45) is 11.8 Å². The summed E-state index contributed by atoms with van der Waals surface area (Å²) in [7, 11) is -4.42. The first-order valence-corrected chi connectivity index (χ1v) is 11.5. The molecule has 9 nitrogen and oxygen atoms in total. The lowest BCUT2D eigenvalue weighted by atomic mass is 9.80. The molecule has 0 bridgehead atoms. The molecule has 2 heterocycles. The molecule has 0 aromatic heterocycles. The lowest BCUT2D eigenvalue weighted by Crippen LogP contribution is -2.60. The number of para-hydroxylation sites is 2. The van der Waals surface area contributed by atoms with Crippen LogP contribution in [0.15, 0.2) is 72.1 Å². The number of aliphatic hydroxyl groups is 1. The van der Waals surface area contributed by atoms with Crippen molar-refractivity contribution in [2.45, 2.75) is 19.4 Å². The van der Waals surface area contributed by atoms with Gasteiger partial charge in [-0.1, -0.05) is 43.3 Å². The lowest BCUT2D eigenvalue weighted by molar-refractivity contribution is -0.157. The van der Waals surface area contributed by atoms with Crippen molar-refractivity contribution in [1.29, 1.82) is 0 Å². The molecule has 0 radical (unpaired) electrons. The molecule has 0 unspecified atom stereocenters. The number of carboxylic acid groups (broad SMARTS) is 1. The number of β-lactam (4-membered cyclic amide) rings is 1. The fourth-order valence-corrected chi connectivity index (χ4v) is 5.42. The van der Waals surface area contributed by atoms with E-state index in [0.717, 1.165) is 4.90 Å². The van der Waals surface area contributed by atoms with Crippen LogP contribution in [-0.2, 0) is 18.7 Å². The van der Waals surface area contributed by atoms with Crippen molar-refractivity contribution in [3.63, 3.8) is 0 Å². The van der Waals surface area contributed by atoms with E-state index in [1.165, 1.54) is 0 Å². The van der Waals surface area contributed by atoms with Crippen molar-refractivity contribution in [3.05, 3.63) is 72.1 Å². The molecule has 32 heavy (non-hydrogen) atoms. The van der Waals surface area contributed by atoms with Crippen molar-refractivity contribution >= 4 is 19.7 Å². The summed E-state index contributed by atoms with van der Waals surface area (Å²) < 4.78 is 30.6. The third kappa shape index (κ3) is 3.97. The number of carbonyl (C=O) groups excluding carboxylic acids is 1. The van der Waals surface area contributed by atoms with Crippen LogP contribution in [0.5, 0.6) is 11.5 Å². The molecule has 1 saturated heterocycles. The van der Waals surface area contributed by atoms with Gasteiger partial charge in [-0.05, 0) is 30.7 Å². The Morgan fingerprint density at radius 2 is 1.53 bits per heavy atom. The third-order valence-corrected chi connectivity index (χ3v) is 6.73. The minimum atomic E-state index is -4.42. The summed E-state index contributed by atoms with van der Waals surface area (Å²) in [5.41, 5.74) is -0.393. The summed E-state index contributed by atoms with van der Waals surface area (Å²) in [6.07, 6.45) is 0.198. The maximum Gasteiger partial charge on any atom is 0.646 e. The van der Waals surface area contributed by atoms with E-state index in [0.29, 0.717) is 0 Å². The van der Waals surface area contributed by atoms with Crippen LogP contribution in [0.2, 0.25) is 0 Å². The van der Waals surface area contributed by atoms with Gasteiger partial charge in [0.1, 0.15) is 17.3 Å². The molecule has 1 amide bonds. The zero-order valence-electron chi connectivity index (χ0n) is 17.2. The number of fused-ring (bicyclic) bond motifs is 1. The number of hydrogen-bond donors (Lipinski definition) is 2. The topological polar surface area (TPSA) is 123 Å². The van der Waals surface area contributed by atoms with Gasteiger partial charge in [0, 0.05) is 12.5 Å². The Balaban J connectivity index is 1.70. The molecule has 0 aliphatic carbocycles. The van der Waals surface area contributed by atoms with E-state index in [4.69, 9.17) is 13.6 Å². The number of phosphoric acid groups is 1.